The molecule has 0 saturated carbocycles. The molecule has 0 atom stereocenters. The molecule has 0 unspecified atom stereocenters. The number of aromatic amines is 1. The Labute approximate surface area is 150 Å². The quantitative estimate of drug-likeness (QED) is 0.597. The lowest BCUT2D eigenvalue weighted by molar-refractivity contribution is 0.349. The van der Waals surface area contributed by atoms with Crippen LogP contribution < -0.4 is 14.2 Å². The number of nitrogens with zero attached hydrogens (tertiary/aromatic N) is 3. The number of hydrogen-bond acceptors (Lipinski definition) is 5. The van der Waals surface area contributed by atoms with Crippen molar-refractivity contribution in [2.75, 3.05) is 21.3 Å². The van der Waals surface area contributed by atoms with Crippen LogP contribution in [0.15, 0.2) is 48.7 Å². The van der Waals surface area contributed by atoms with Gasteiger partial charge in [-0.2, -0.15) is 5.10 Å². The van der Waals surface area contributed by atoms with Crippen LogP contribution in [-0.2, 0) is 0 Å². The molecule has 0 spiro atoms. The molecule has 4 rings (SSSR count). The van der Waals surface area contributed by atoms with Gasteiger partial charge in [0.05, 0.1) is 38.8 Å². The van der Waals surface area contributed by atoms with E-state index in [1.54, 1.807) is 38.3 Å². The highest BCUT2D eigenvalue weighted by atomic mass is 16.5. The van der Waals surface area contributed by atoms with Gasteiger partial charge in [0, 0.05) is 6.07 Å². The number of H-pyrrole nitrogens is 1. The van der Waals surface area contributed by atoms with Crippen molar-refractivity contribution < 1.29 is 14.2 Å². The first-order valence-electron chi connectivity index (χ1n) is 8.04. The summed E-state index contributed by atoms with van der Waals surface area (Å²) in [5.74, 6) is 2.51. The van der Waals surface area contributed by atoms with Gasteiger partial charge >= 0.3 is 0 Å². The van der Waals surface area contributed by atoms with Gasteiger partial charge in [0.1, 0.15) is 17.1 Å². The molecule has 2 aromatic heterocycles. The third-order valence-electron chi connectivity index (χ3n) is 4.18. The van der Waals surface area contributed by atoms with E-state index >= 15 is 0 Å². The van der Waals surface area contributed by atoms with Gasteiger partial charge in [0.25, 0.3) is 0 Å². The molecule has 4 aromatic rings. The highest BCUT2D eigenvalue weighted by molar-refractivity contribution is 5.80. The molecule has 0 amide bonds. The summed E-state index contributed by atoms with van der Waals surface area (Å²) in [5, 5.41) is 4.41. The fourth-order valence-electron chi connectivity index (χ4n) is 2.90. The maximum atomic E-state index is 5.51. The van der Waals surface area contributed by atoms with Crippen LogP contribution in [0.5, 0.6) is 17.2 Å². The summed E-state index contributed by atoms with van der Waals surface area (Å²) in [6.07, 6.45) is 1.76. The van der Waals surface area contributed by atoms with E-state index in [0.29, 0.717) is 23.1 Å². The maximum absolute atomic E-state index is 5.51. The normalized spacial score (nSPS) is 10.9. The fraction of sp³-hybridized carbons (Fsp3) is 0.158. The van der Waals surface area contributed by atoms with Crippen LogP contribution in [0.4, 0.5) is 0 Å². The molecule has 7 nitrogen and oxygen atoms in total. The first-order valence-corrected chi connectivity index (χ1v) is 8.04. The van der Waals surface area contributed by atoms with Crippen LogP contribution in [0, 0.1) is 0 Å². The second-order valence-electron chi connectivity index (χ2n) is 5.62. The number of fused-ring (bicyclic) bond motifs is 1. The number of rotatable bonds is 5. The second kappa shape index (κ2) is 6.44. The number of aromatic nitrogens is 4. The Morgan fingerprint density at radius 1 is 0.885 bits per heavy atom. The summed E-state index contributed by atoms with van der Waals surface area (Å²) in [6.45, 7) is 0. The molecule has 2 heterocycles. The van der Waals surface area contributed by atoms with Crippen molar-refractivity contribution in [1.82, 2.24) is 19.7 Å². The summed E-state index contributed by atoms with van der Waals surface area (Å²) in [5.41, 5.74) is 3.30. The molecular formula is C19H18N4O3. The fourth-order valence-corrected chi connectivity index (χ4v) is 2.90. The number of hydrogen-bond donors (Lipinski definition) is 1. The minimum atomic E-state index is 0.597. The molecule has 0 radical (unpaired) electrons. The predicted molar refractivity (Wildman–Crippen MR) is 98.3 cm³/mol. The standard InChI is InChI=1S/C19H18N4O3/c1-24-15-10-17(26-3)16(25-2)9-13(15)18-21-14-11-20-23(19(14)22-18)12-7-5-4-6-8-12/h4-11H,1-3H3,(H,21,22). The predicted octanol–water partition coefficient (Wildman–Crippen LogP) is 3.44. The highest BCUT2D eigenvalue weighted by Gasteiger charge is 2.18. The van der Waals surface area contributed by atoms with E-state index in [9.17, 15) is 0 Å². The van der Waals surface area contributed by atoms with Gasteiger partial charge in [0.2, 0.25) is 0 Å². The van der Waals surface area contributed by atoms with Crippen LogP contribution >= 0.6 is 0 Å². The minimum absolute atomic E-state index is 0.597. The highest BCUT2D eigenvalue weighted by Crippen LogP contribution is 2.39. The lowest BCUT2D eigenvalue weighted by Crippen LogP contribution is -1.97. The molecule has 0 saturated heterocycles. The number of methoxy groups -OCH3 is 3. The minimum Gasteiger partial charge on any atom is -0.496 e. The molecule has 2 aromatic carbocycles. The number of ether oxygens (including phenoxy) is 3. The Morgan fingerprint density at radius 2 is 1.58 bits per heavy atom. The lowest BCUT2D eigenvalue weighted by atomic mass is 10.1. The molecular weight excluding hydrogens is 332 g/mol. The molecule has 0 aliphatic rings. The van der Waals surface area contributed by atoms with Crippen LogP contribution in [0.25, 0.3) is 28.2 Å². The molecule has 0 fully saturated rings. The Morgan fingerprint density at radius 3 is 2.27 bits per heavy atom. The number of para-hydroxylation sites is 1. The van der Waals surface area contributed by atoms with E-state index < -0.39 is 0 Å². The van der Waals surface area contributed by atoms with Crippen molar-refractivity contribution in [1.29, 1.82) is 0 Å². The summed E-state index contributed by atoms with van der Waals surface area (Å²) in [6, 6.07) is 13.5. The zero-order valence-corrected chi connectivity index (χ0v) is 14.7. The SMILES string of the molecule is COc1cc(OC)c(-c2nc3c(cnn3-c3ccccc3)[nH]2)cc1OC. The average Bonchev–Trinajstić information content (AvgIpc) is 3.28. The van der Waals surface area contributed by atoms with Gasteiger partial charge < -0.3 is 19.2 Å². The van der Waals surface area contributed by atoms with E-state index in [4.69, 9.17) is 19.2 Å². The van der Waals surface area contributed by atoms with E-state index in [-0.39, 0.29) is 0 Å². The van der Waals surface area contributed by atoms with Crippen molar-refractivity contribution in [3.8, 4) is 34.3 Å². The number of nitrogens with one attached hydrogen (secondary N) is 1. The third-order valence-corrected chi connectivity index (χ3v) is 4.18. The van der Waals surface area contributed by atoms with Crippen molar-refractivity contribution in [2.24, 2.45) is 0 Å². The summed E-state index contributed by atoms with van der Waals surface area (Å²) >= 11 is 0. The summed E-state index contributed by atoms with van der Waals surface area (Å²) < 4.78 is 18.1. The molecule has 1 N–H and O–H groups in total. The van der Waals surface area contributed by atoms with Gasteiger partial charge in [0.15, 0.2) is 17.1 Å². The van der Waals surface area contributed by atoms with Crippen LogP contribution in [0.3, 0.4) is 0 Å². The zero-order chi connectivity index (χ0) is 18.1. The van der Waals surface area contributed by atoms with Crippen LogP contribution in [0.1, 0.15) is 0 Å². The van der Waals surface area contributed by atoms with Gasteiger partial charge in [-0.1, -0.05) is 18.2 Å². The van der Waals surface area contributed by atoms with Crippen molar-refractivity contribution >= 4 is 11.2 Å². The maximum Gasteiger partial charge on any atom is 0.181 e. The average molecular weight is 350 g/mol. The van der Waals surface area contributed by atoms with Crippen LogP contribution in [-0.4, -0.2) is 41.1 Å². The van der Waals surface area contributed by atoms with E-state index in [0.717, 1.165) is 22.4 Å². The van der Waals surface area contributed by atoms with Gasteiger partial charge in [-0.15, -0.1) is 0 Å². The monoisotopic (exact) mass is 350 g/mol. The largest absolute Gasteiger partial charge is 0.496 e. The van der Waals surface area contributed by atoms with Crippen LogP contribution in [0.2, 0.25) is 0 Å². The molecule has 0 aliphatic heterocycles. The van der Waals surface area contributed by atoms with Gasteiger partial charge in [-0.3, -0.25) is 0 Å². The first kappa shape index (κ1) is 16.0. The molecule has 0 aliphatic carbocycles. The van der Waals surface area contributed by atoms with Crippen molar-refractivity contribution in [3.63, 3.8) is 0 Å². The Kier molecular flexibility index (Phi) is 3.96. The zero-order valence-electron chi connectivity index (χ0n) is 14.7. The molecule has 0 bridgehead atoms. The lowest BCUT2D eigenvalue weighted by Gasteiger charge is -2.12. The molecule has 26 heavy (non-hydrogen) atoms. The Hall–Kier alpha value is -3.48. The smallest absolute Gasteiger partial charge is 0.181 e. The van der Waals surface area contributed by atoms with Crippen molar-refractivity contribution in [3.05, 3.63) is 48.7 Å². The number of imidazole rings is 1. The molecule has 132 valence electrons. The third kappa shape index (κ3) is 2.54. The van der Waals surface area contributed by atoms with Gasteiger partial charge in [-0.05, 0) is 18.2 Å². The van der Waals surface area contributed by atoms with Crippen molar-refractivity contribution in [2.45, 2.75) is 0 Å². The summed E-state index contributed by atoms with van der Waals surface area (Å²) in [4.78, 5) is 8.02. The number of benzene rings is 2. The second-order valence-corrected chi connectivity index (χ2v) is 5.62. The molecule has 7 heteroatoms. The van der Waals surface area contributed by atoms with E-state index in [2.05, 4.69) is 10.1 Å². The summed E-state index contributed by atoms with van der Waals surface area (Å²) in [7, 11) is 4.80. The Balaban J connectivity index is 1.86. The first-order chi connectivity index (χ1) is 12.7. The van der Waals surface area contributed by atoms with E-state index in [1.807, 2.05) is 36.4 Å². The van der Waals surface area contributed by atoms with E-state index in [1.165, 1.54) is 0 Å². The Bertz CT molecular complexity index is 1050. The topological polar surface area (TPSA) is 74.2 Å². The van der Waals surface area contributed by atoms with Gasteiger partial charge in [-0.25, -0.2) is 9.67 Å².